The van der Waals surface area contributed by atoms with Crippen LogP contribution in [0.1, 0.15) is 49.2 Å². The van der Waals surface area contributed by atoms with Crippen molar-refractivity contribution in [1.29, 1.82) is 0 Å². The van der Waals surface area contributed by atoms with Crippen LogP contribution in [0.25, 0.3) is 0 Å². The number of carbonyl (C=O) groups is 1. The molecule has 0 aliphatic heterocycles. The highest BCUT2D eigenvalue weighted by Crippen LogP contribution is 2.11. The molecule has 1 N–H and O–H groups in total. The number of aromatic nitrogens is 1. The van der Waals surface area contributed by atoms with Gasteiger partial charge in [-0.1, -0.05) is 20.8 Å². The molecule has 0 aromatic carbocycles. The summed E-state index contributed by atoms with van der Waals surface area (Å²) < 4.78 is 1.56. The molecule has 0 unspecified atom stereocenters. The van der Waals surface area contributed by atoms with Crippen molar-refractivity contribution in [3.63, 3.8) is 0 Å². The Bertz CT molecular complexity index is 509. The van der Waals surface area contributed by atoms with Crippen LogP contribution in [0.5, 0.6) is 0 Å². The van der Waals surface area contributed by atoms with E-state index < -0.39 is 0 Å². The van der Waals surface area contributed by atoms with Gasteiger partial charge in [-0.05, 0) is 30.2 Å². The van der Waals surface area contributed by atoms with Gasteiger partial charge in [0.2, 0.25) is 0 Å². The summed E-state index contributed by atoms with van der Waals surface area (Å²) >= 11 is 1.81. The number of amides is 1. The first-order valence-electron chi connectivity index (χ1n) is 7.04. The van der Waals surface area contributed by atoms with Crippen molar-refractivity contribution in [2.75, 3.05) is 18.1 Å². The molecule has 0 fully saturated rings. The van der Waals surface area contributed by atoms with E-state index in [1.807, 2.05) is 19.9 Å². The Morgan fingerprint density at radius 1 is 1.35 bits per heavy atom. The molecule has 1 amide bonds. The van der Waals surface area contributed by atoms with E-state index in [0.29, 0.717) is 6.54 Å². The lowest BCUT2D eigenvalue weighted by molar-refractivity contribution is 0.0954. The first kappa shape index (κ1) is 16.8. The zero-order chi connectivity index (χ0) is 15.1. The van der Waals surface area contributed by atoms with Gasteiger partial charge in [0.25, 0.3) is 11.5 Å². The predicted molar refractivity (Wildman–Crippen MR) is 85.7 cm³/mol. The highest BCUT2D eigenvalue weighted by Gasteiger charge is 2.14. The van der Waals surface area contributed by atoms with E-state index in [9.17, 15) is 9.59 Å². The molecule has 1 rings (SSSR count). The molecule has 1 aromatic rings. The van der Waals surface area contributed by atoms with Gasteiger partial charge in [0.05, 0.1) is 0 Å². The van der Waals surface area contributed by atoms with Crippen molar-refractivity contribution < 1.29 is 4.79 Å². The van der Waals surface area contributed by atoms with Gasteiger partial charge in [-0.15, -0.1) is 0 Å². The van der Waals surface area contributed by atoms with Crippen LogP contribution in [0.3, 0.4) is 0 Å². The van der Waals surface area contributed by atoms with Gasteiger partial charge in [-0.25, -0.2) is 0 Å². The van der Waals surface area contributed by atoms with Crippen molar-refractivity contribution in [3.05, 3.63) is 33.7 Å². The van der Waals surface area contributed by atoms with Crippen LogP contribution in [0.2, 0.25) is 0 Å². The predicted octanol–water partition coefficient (Wildman–Crippen LogP) is 2.38. The topological polar surface area (TPSA) is 51.1 Å². The Morgan fingerprint density at radius 2 is 2.05 bits per heavy atom. The Labute approximate surface area is 125 Å². The monoisotopic (exact) mass is 296 g/mol. The number of hydrogen-bond acceptors (Lipinski definition) is 3. The lowest BCUT2D eigenvalue weighted by atomic mass is 10.1. The third-order valence-electron chi connectivity index (χ3n) is 3.06. The number of nitrogens with one attached hydrogen (secondary N) is 1. The van der Waals surface area contributed by atoms with E-state index in [0.717, 1.165) is 23.6 Å². The quantitative estimate of drug-likeness (QED) is 0.786. The van der Waals surface area contributed by atoms with Crippen LogP contribution in [-0.4, -0.2) is 28.5 Å². The summed E-state index contributed by atoms with van der Waals surface area (Å²) in [4.78, 5) is 24.2. The van der Waals surface area contributed by atoms with Crippen molar-refractivity contribution in [2.24, 2.45) is 7.05 Å². The molecule has 1 heterocycles. The van der Waals surface area contributed by atoms with Crippen LogP contribution in [-0.2, 0) is 7.05 Å². The average molecular weight is 296 g/mol. The molecule has 0 atom stereocenters. The summed E-state index contributed by atoms with van der Waals surface area (Å²) in [5.41, 5.74) is 0.928. The number of nitrogens with zero attached hydrogens (tertiary/aromatic N) is 1. The second kappa shape index (κ2) is 8.15. The fraction of sp³-hybridized carbons (Fsp3) is 0.600. The zero-order valence-corrected chi connectivity index (χ0v) is 13.5. The molecule has 0 aliphatic rings. The summed E-state index contributed by atoms with van der Waals surface area (Å²) in [6, 6.07) is 3.49. The van der Waals surface area contributed by atoms with E-state index in [2.05, 4.69) is 12.2 Å². The molecule has 20 heavy (non-hydrogen) atoms. The fourth-order valence-electron chi connectivity index (χ4n) is 1.98. The molecular weight excluding hydrogens is 272 g/mol. The third kappa shape index (κ3) is 4.40. The normalized spacial score (nSPS) is 10.8. The zero-order valence-electron chi connectivity index (χ0n) is 12.7. The number of pyridine rings is 1. The van der Waals surface area contributed by atoms with Crippen LogP contribution >= 0.6 is 11.8 Å². The van der Waals surface area contributed by atoms with Crippen molar-refractivity contribution in [2.45, 2.75) is 33.1 Å². The fourth-order valence-corrected chi connectivity index (χ4v) is 2.72. The van der Waals surface area contributed by atoms with Crippen LogP contribution in [0, 0.1) is 0 Å². The van der Waals surface area contributed by atoms with Gasteiger partial charge in [0.15, 0.2) is 0 Å². The minimum absolute atomic E-state index is 0.220. The highest BCUT2D eigenvalue weighted by molar-refractivity contribution is 7.99. The molecular formula is C15H24N2O2S. The van der Waals surface area contributed by atoms with Crippen molar-refractivity contribution in [1.82, 2.24) is 9.88 Å². The van der Waals surface area contributed by atoms with Crippen molar-refractivity contribution in [3.8, 4) is 0 Å². The smallest absolute Gasteiger partial charge is 0.263 e. The van der Waals surface area contributed by atoms with Gasteiger partial charge in [-0.2, -0.15) is 11.8 Å². The van der Waals surface area contributed by atoms with Gasteiger partial charge in [0, 0.05) is 25.0 Å². The molecule has 1 aromatic heterocycles. The third-order valence-corrected chi connectivity index (χ3v) is 4.25. The standard InChI is InChI=1S/C15H24N2O2S/c1-5-9-20-10-8-16-14(18)12-6-7-13(11(2)3)17(4)15(12)19/h6-7,11H,5,8-10H2,1-4H3,(H,16,18). The van der Waals surface area contributed by atoms with E-state index in [1.54, 1.807) is 29.4 Å². The largest absolute Gasteiger partial charge is 0.351 e. The maximum absolute atomic E-state index is 12.2. The minimum atomic E-state index is -0.280. The van der Waals surface area contributed by atoms with E-state index in [4.69, 9.17) is 0 Å². The first-order chi connectivity index (χ1) is 9.49. The van der Waals surface area contributed by atoms with Crippen LogP contribution in [0.4, 0.5) is 0 Å². The second-order valence-electron chi connectivity index (χ2n) is 5.06. The molecule has 112 valence electrons. The Morgan fingerprint density at radius 3 is 2.65 bits per heavy atom. The number of carbonyl (C=O) groups excluding carboxylic acids is 1. The van der Waals surface area contributed by atoms with Gasteiger partial charge in [0.1, 0.15) is 5.56 Å². The number of rotatable bonds is 7. The van der Waals surface area contributed by atoms with E-state index >= 15 is 0 Å². The molecule has 0 spiro atoms. The van der Waals surface area contributed by atoms with Crippen LogP contribution < -0.4 is 10.9 Å². The van der Waals surface area contributed by atoms with E-state index in [1.165, 1.54) is 0 Å². The maximum Gasteiger partial charge on any atom is 0.263 e. The SMILES string of the molecule is CCCSCCNC(=O)c1ccc(C(C)C)n(C)c1=O. The van der Waals surface area contributed by atoms with Crippen LogP contribution in [0.15, 0.2) is 16.9 Å². The summed E-state index contributed by atoms with van der Waals surface area (Å²) in [6.07, 6.45) is 1.13. The first-order valence-corrected chi connectivity index (χ1v) is 8.20. The van der Waals surface area contributed by atoms with Gasteiger partial charge >= 0.3 is 0 Å². The maximum atomic E-state index is 12.2. The molecule has 0 saturated heterocycles. The lowest BCUT2D eigenvalue weighted by Gasteiger charge is -2.13. The summed E-state index contributed by atoms with van der Waals surface area (Å²) in [5.74, 6) is 1.96. The number of hydrogen-bond donors (Lipinski definition) is 1. The minimum Gasteiger partial charge on any atom is -0.351 e. The summed E-state index contributed by atoms with van der Waals surface area (Å²) in [7, 11) is 1.71. The number of thioether (sulfide) groups is 1. The van der Waals surface area contributed by atoms with E-state index in [-0.39, 0.29) is 22.9 Å². The Balaban J connectivity index is 2.70. The molecule has 0 radical (unpaired) electrons. The Kier molecular flexibility index (Phi) is 6.85. The van der Waals surface area contributed by atoms with Gasteiger partial charge in [-0.3, -0.25) is 9.59 Å². The molecule has 0 aliphatic carbocycles. The summed E-state index contributed by atoms with van der Waals surface area (Å²) in [5, 5.41) is 2.80. The van der Waals surface area contributed by atoms with Crippen molar-refractivity contribution >= 4 is 17.7 Å². The highest BCUT2D eigenvalue weighted by atomic mass is 32.2. The average Bonchev–Trinajstić information content (AvgIpc) is 2.40. The summed E-state index contributed by atoms with van der Waals surface area (Å²) in [6.45, 7) is 6.78. The molecule has 4 nitrogen and oxygen atoms in total. The Hall–Kier alpha value is -1.23. The molecule has 0 bridgehead atoms. The lowest BCUT2D eigenvalue weighted by Crippen LogP contribution is -2.34. The molecule has 0 saturated carbocycles. The van der Waals surface area contributed by atoms with Gasteiger partial charge < -0.3 is 9.88 Å². The second-order valence-corrected chi connectivity index (χ2v) is 6.28. The molecule has 5 heteroatoms.